The number of hydrogen-bond donors (Lipinski definition) is 2. The van der Waals surface area contributed by atoms with E-state index in [2.05, 4.69) is 10.0 Å². The van der Waals surface area contributed by atoms with Gasteiger partial charge in [-0.15, -0.1) is 0 Å². The van der Waals surface area contributed by atoms with Gasteiger partial charge in [0.05, 0.1) is 32.6 Å². The number of para-hydroxylation sites is 1. The van der Waals surface area contributed by atoms with Gasteiger partial charge in [-0.2, -0.15) is 0 Å². The molecule has 8 nitrogen and oxygen atoms in total. The molecule has 3 aromatic rings. The van der Waals surface area contributed by atoms with E-state index in [4.69, 9.17) is 34.8 Å². The van der Waals surface area contributed by atoms with Crippen LogP contribution in [-0.4, -0.2) is 35.5 Å². The summed E-state index contributed by atoms with van der Waals surface area (Å²) < 4.78 is 53.0. The minimum absolute atomic E-state index is 0.0591. The van der Waals surface area contributed by atoms with Gasteiger partial charge in [-0.3, -0.25) is 13.8 Å². The third-order valence-corrected chi connectivity index (χ3v) is 7.81. The molecule has 0 aliphatic rings. The second-order valence-corrected chi connectivity index (χ2v) is 11.9. The summed E-state index contributed by atoms with van der Waals surface area (Å²) in [6.45, 7) is -0.561. The SMILES string of the molecule is CS(=O)(=O)N(CC(=O)Nc1ccc(S(=O)(=O)Nc2ccccc2Cl)cc1)c1ccc(Cl)cc1Cl. The number of carbonyl (C=O) groups is 1. The van der Waals surface area contributed by atoms with Crippen molar-refractivity contribution in [3.8, 4) is 0 Å². The average molecular weight is 563 g/mol. The van der Waals surface area contributed by atoms with Crippen molar-refractivity contribution in [3.63, 3.8) is 0 Å². The summed E-state index contributed by atoms with van der Waals surface area (Å²) in [5.41, 5.74) is 0.580. The summed E-state index contributed by atoms with van der Waals surface area (Å²) >= 11 is 18.0. The Morgan fingerprint density at radius 2 is 1.53 bits per heavy atom. The molecule has 180 valence electrons. The highest BCUT2D eigenvalue weighted by molar-refractivity contribution is 7.92. The fourth-order valence-corrected chi connectivity index (χ4v) is 5.61. The molecule has 2 N–H and O–H groups in total. The van der Waals surface area contributed by atoms with Gasteiger partial charge in [-0.05, 0) is 54.6 Å². The third kappa shape index (κ3) is 6.55. The molecule has 0 aromatic heterocycles. The molecule has 0 radical (unpaired) electrons. The molecule has 0 aliphatic heterocycles. The minimum atomic E-state index is -3.92. The molecule has 0 saturated carbocycles. The van der Waals surface area contributed by atoms with E-state index < -0.39 is 32.5 Å². The zero-order chi connectivity index (χ0) is 25.1. The molecule has 34 heavy (non-hydrogen) atoms. The highest BCUT2D eigenvalue weighted by Gasteiger charge is 2.23. The molecule has 13 heteroatoms. The van der Waals surface area contributed by atoms with Crippen LogP contribution < -0.4 is 14.3 Å². The number of nitrogens with zero attached hydrogens (tertiary/aromatic N) is 1. The van der Waals surface area contributed by atoms with Gasteiger partial charge in [0, 0.05) is 10.7 Å². The van der Waals surface area contributed by atoms with Crippen molar-refractivity contribution >= 4 is 77.8 Å². The zero-order valence-electron chi connectivity index (χ0n) is 17.5. The Morgan fingerprint density at radius 3 is 2.12 bits per heavy atom. The Labute approximate surface area is 212 Å². The van der Waals surface area contributed by atoms with Gasteiger partial charge < -0.3 is 5.32 Å². The molecule has 0 spiro atoms. The fourth-order valence-electron chi connectivity index (χ4n) is 2.86. The number of benzene rings is 3. The first-order chi connectivity index (χ1) is 15.9. The van der Waals surface area contributed by atoms with Crippen LogP contribution in [0.5, 0.6) is 0 Å². The second-order valence-electron chi connectivity index (χ2n) is 7.02. The molecule has 0 unspecified atom stereocenters. The summed E-state index contributed by atoms with van der Waals surface area (Å²) in [5, 5.41) is 3.15. The Hall–Kier alpha value is -2.50. The third-order valence-electron chi connectivity index (χ3n) is 4.43. The summed E-state index contributed by atoms with van der Waals surface area (Å²) in [5.74, 6) is -0.666. The molecule has 0 saturated heterocycles. The first-order valence-electron chi connectivity index (χ1n) is 9.47. The summed E-state index contributed by atoms with van der Waals surface area (Å²) in [4.78, 5) is 12.5. The molecular weight excluding hydrogens is 545 g/mol. The lowest BCUT2D eigenvalue weighted by atomic mass is 10.3. The number of hydrogen-bond acceptors (Lipinski definition) is 5. The van der Waals surface area contributed by atoms with Crippen LogP contribution in [0.4, 0.5) is 17.1 Å². The second kappa shape index (κ2) is 10.4. The highest BCUT2D eigenvalue weighted by Crippen LogP contribution is 2.30. The zero-order valence-corrected chi connectivity index (χ0v) is 21.4. The van der Waals surface area contributed by atoms with Crippen LogP contribution in [0.2, 0.25) is 15.1 Å². The van der Waals surface area contributed by atoms with Gasteiger partial charge in [0.25, 0.3) is 10.0 Å². The van der Waals surface area contributed by atoms with E-state index >= 15 is 0 Å². The lowest BCUT2D eigenvalue weighted by Gasteiger charge is -2.23. The van der Waals surface area contributed by atoms with Gasteiger partial charge in [0.15, 0.2) is 0 Å². The molecule has 0 bridgehead atoms. The van der Waals surface area contributed by atoms with Gasteiger partial charge in [-0.1, -0.05) is 46.9 Å². The summed E-state index contributed by atoms with van der Waals surface area (Å²) in [6.07, 6.45) is 0.941. The van der Waals surface area contributed by atoms with E-state index in [-0.39, 0.29) is 32.0 Å². The van der Waals surface area contributed by atoms with Crippen molar-refractivity contribution < 1.29 is 21.6 Å². The van der Waals surface area contributed by atoms with E-state index in [1.165, 1.54) is 48.5 Å². The number of sulfonamides is 2. The summed E-state index contributed by atoms with van der Waals surface area (Å²) in [7, 11) is -7.78. The molecule has 3 aromatic carbocycles. The Morgan fingerprint density at radius 1 is 0.882 bits per heavy atom. The van der Waals surface area contributed by atoms with Crippen LogP contribution in [0, 0.1) is 0 Å². The predicted octanol–water partition coefficient (Wildman–Crippen LogP) is 4.85. The van der Waals surface area contributed by atoms with E-state index in [1.54, 1.807) is 18.2 Å². The van der Waals surface area contributed by atoms with Crippen LogP contribution in [0.25, 0.3) is 0 Å². The maximum atomic E-state index is 12.6. The topological polar surface area (TPSA) is 113 Å². The summed E-state index contributed by atoms with van der Waals surface area (Å²) in [6, 6.07) is 15.9. The average Bonchev–Trinajstić information content (AvgIpc) is 2.74. The van der Waals surface area contributed by atoms with Gasteiger partial charge >= 0.3 is 0 Å². The van der Waals surface area contributed by atoms with Crippen LogP contribution in [0.3, 0.4) is 0 Å². The van der Waals surface area contributed by atoms with Crippen LogP contribution in [0.1, 0.15) is 0 Å². The van der Waals surface area contributed by atoms with Crippen LogP contribution in [-0.2, 0) is 24.8 Å². The van der Waals surface area contributed by atoms with E-state index in [1.807, 2.05) is 0 Å². The van der Waals surface area contributed by atoms with Crippen LogP contribution in [0.15, 0.2) is 71.6 Å². The molecule has 0 fully saturated rings. The molecule has 0 aliphatic carbocycles. The fraction of sp³-hybridized carbons (Fsp3) is 0.0952. The Kier molecular flexibility index (Phi) is 7.99. The predicted molar refractivity (Wildman–Crippen MR) is 136 cm³/mol. The maximum absolute atomic E-state index is 12.6. The smallest absolute Gasteiger partial charge is 0.261 e. The van der Waals surface area contributed by atoms with E-state index in [9.17, 15) is 21.6 Å². The van der Waals surface area contributed by atoms with Crippen molar-refractivity contribution in [1.29, 1.82) is 0 Å². The van der Waals surface area contributed by atoms with Crippen molar-refractivity contribution in [2.75, 3.05) is 27.1 Å². The number of halogens is 3. The first kappa shape index (κ1) is 26.1. The lowest BCUT2D eigenvalue weighted by molar-refractivity contribution is -0.114. The van der Waals surface area contributed by atoms with Gasteiger partial charge in [0.2, 0.25) is 15.9 Å². The molecular formula is C21H18Cl3N3O5S2. The number of amides is 1. The van der Waals surface area contributed by atoms with Crippen molar-refractivity contribution in [2.24, 2.45) is 0 Å². The van der Waals surface area contributed by atoms with E-state index in [0.717, 1.165) is 10.6 Å². The monoisotopic (exact) mass is 561 g/mol. The maximum Gasteiger partial charge on any atom is 0.261 e. The lowest BCUT2D eigenvalue weighted by Crippen LogP contribution is -2.37. The number of anilines is 3. The normalized spacial score (nSPS) is 11.6. The Bertz CT molecular complexity index is 1430. The van der Waals surface area contributed by atoms with Crippen LogP contribution >= 0.6 is 34.8 Å². The largest absolute Gasteiger partial charge is 0.325 e. The number of nitrogens with one attached hydrogen (secondary N) is 2. The minimum Gasteiger partial charge on any atom is -0.325 e. The first-order valence-corrected chi connectivity index (χ1v) is 13.9. The molecule has 3 rings (SSSR count). The highest BCUT2D eigenvalue weighted by atomic mass is 35.5. The van der Waals surface area contributed by atoms with Gasteiger partial charge in [0.1, 0.15) is 6.54 Å². The number of carbonyl (C=O) groups excluding carboxylic acids is 1. The standard InChI is InChI=1S/C21H18Cl3N3O5S2/c1-33(29,30)27(20-11-6-14(22)12-18(20)24)13-21(28)25-15-7-9-16(10-8-15)34(31,32)26-19-5-3-2-4-17(19)23/h2-12,26H,13H2,1H3,(H,25,28). The van der Waals surface area contributed by atoms with Gasteiger partial charge in [-0.25, -0.2) is 16.8 Å². The van der Waals surface area contributed by atoms with Crippen molar-refractivity contribution in [2.45, 2.75) is 4.90 Å². The quantitative estimate of drug-likeness (QED) is 0.407. The molecule has 0 heterocycles. The van der Waals surface area contributed by atoms with Crippen molar-refractivity contribution in [1.82, 2.24) is 0 Å². The molecule has 0 atom stereocenters. The Balaban J connectivity index is 1.74. The molecule has 1 amide bonds. The van der Waals surface area contributed by atoms with Crippen molar-refractivity contribution in [3.05, 3.63) is 81.8 Å². The van der Waals surface area contributed by atoms with E-state index in [0.29, 0.717) is 5.02 Å². The number of rotatable bonds is 8.